The Morgan fingerprint density at radius 3 is 2.53 bits per heavy atom. The maximum atomic E-state index is 11.7. The number of thiazole rings is 1. The maximum Gasteiger partial charge on any atom is 0.156 e. The van der Waals surface area contributed by atoms with Crippen molar-refractivity contribution >= 4 is 21.2 Å². The van der Waals surface area contributed by atoms with Crippen molar-refractivity contribution in [2.45, 2.75) is 52.3 Å². The fourth-order valence-corrected chi connectivity index (χ4v) is 4.13. The highest BCUT2D eigenvalue weighted by molar-refractivity contribution is 7.90. The lowest BCUT2D eigenvalue weighted by atomic mass is 10.1. The molecule has 4 nitrogen and oxygen atoms in total. The van der Waals surface area contributed by atoms with Gasteiger partial charge in [0.15, 0.2) is 9.84 Å². The molecule has 0 fully saturated rings. The van der Waals surface area contributed by atoms with Crippen molar-refractivity contribution < 1.29 is 8.42 Å². The van der Waals surface area contributed by atoms with Crippen LogP contribution in [0.3, 0.4) is 0 Å². The molecule has 0 aliphatic rings. The molecule has 0 saturated carbocycles. The van der Waals surface area contributed by atoms with E-state index < -0.39 is 9.84 Å². The largest absolute Gasteiger partial charge is 0.312 e. The Morgan fingerprint density at radius 1 is 1.32 bits per heavy atom. The quantitative estimate of drug-likeness (QED) is 0.750. The summed E-state index contributed by atoms with van der Waals surface area (Å²) in [7, 11) is -3.00. The van der Waals surface area contributed by atoms with Crippen LogP contribution in [0.25, 0.3) is 0 Å². The maximum absolute atomic E-state index is 11.7. The van der Waals surface area contributed by atoms with Crippen molar-refractivity contribution in [2.75, 3.05) is 12.3 Å². The molecule has 0 atom stereocenters. The average molecular weight is 304 g/mol. The summed E-state index contributed by atoms with van der Waals surface area (Å²) in [5, 5.41) is 4.08. The molecule has 6 heteroatoms. The van der Waals surface area contributed by atoms with Gasteiger partial charge >= 0.3 is 0 Å². The smallest absolute Gasteiger partial charge is 0.156 e. The lowest BCUT2D eigenvalue weighted by Gasteiger charge is -2.05. The Morgan fingerprint density at radius 2 is 2.00 bits per heavy atom. The molecule has 1 aromatic heterocycles. The number of sulfone groups is 1. The van der Waals surface area contributed by atoms with Crippen molar-refractivity contribution in [3.05, 3.63) is 15.6 Å². The van der Waals surface area contributed by atoms with Gasteiger partial charge in [-0.3, -0.25) is 0 Å². The molecule has 0 saturated heterocycles. The second-order valence-corrected chi connectivity index (χ2v) is 8.45. The van der Waals surface area contributed by atoms with E-state index in [4.69, 9.17) is 0 Å². The van der Waals surface area contributed by atoms with Gasteiger partial charge in [-0.25, -0.2) is 13.4 Å². The molecule has 1 rings (SSSR count). The van der Waals surface area contributed by atoms with Crippen LogP contribution in [0.2, 0.25) is 0 Å². The molecule has 19 heavy (non-hydrogen) atoms. The third-order valence-electron chi connectivity index (χ3n) is 2.81. The predicted molar refractivity (Wildman–Crippen MR) is 81.4 cm³/mol. The molecule has 110 valence electrons. The van der Waals surface area contributed by atoms with Crippen molar-refractivity contribution in [1.82, 2.24) is 10.3 Å². The molecular formula is C13H24N2O2S2. The van der Waals surface area contributed by atoms with Crippen LogP contribution >= 0.6 is 11.3 Å². The topological polar surface area (TPSA) is 59.1 Å². The number of nitrogens with one attached hydrogen (secondary N) is 1. The fraction of sp³-hybridized carbons (Fsp3) is 0.769. The monoisotopic (exact) mass is 304 g/mol. The first kappa shape index (κ1) is 16.6. The molecule has 0 amide bonds. The third-order valence-corrected chi connectivity index (χ3v) is 5.66. The van der Waals surface area contributed by atoms with Gasteiger partial charge in [-0.15, -0.1) is 11.3 Å². The predicted octanol–water partition coefficient (Wildman–Crippen LogP) is 2.70. The number of rotatable bonds is 8. The molecule has 0 bridgehead atoms. The summed E-state index contributed by atoms with van der Waals surface area (Å²) in [6.45, 7) is 9.74. The van der Waals surface area contributed by atoms with E-state index in [0.29, 0.717) is 5.92 Å². The molecule has 0 aliphatic heterocycles. The van der Waals surface area contributed by atoms with Gasteiger partial charge < -0.3 is 5.32 Å². The minimum Gasteiger partial charge on any atom is -0.312 e. The highest BCUT2D eigenvalue weighted by Crippen LogP contribution is 2.26. The van der Waals surface area contributed by atoms with Gasteiger partial charge in [0.2, 0.25) is 0 Å². The van der Waals surface area contributed by atoms with E-state index in [2.05, 4.69) is 31.1 Å². The third kappa shape index (κ3) is 5.20. The van der Waals surface area contributed by atoms with E-state index >= 15 is 0 Å². The Labute approximate surface area is 120 Å². The molecule has 0 aromatic carbocycles. The molecular weight excluding hydrogens is 280 g/mol. The zero-order valence-corrected chi connectivity index (χ0v) is 13.8. The second-order valence-electron chi connectivity index (χ2n) is 4.92. The van der Waals surface area contributed by atoms with E-state index in [0.717, 1.165) is 30.2 Å². The number of hydrogen-bond acceptors (Lipinski definition) is 5. The van der Waals surface area contributed by atoms with Crippen LogP contribution in [0.15, 0.2) is 0 Å². The van der Waals surface area contributed by atoms with Gasteiger partial charge in [0.1, 0.15) is 10.8 Å². The zero-order chi connectivity index (χ0) is 14.5. The summed E-state index contributed by atoms with van der Waals surface area (Å²) < 4.78 is 23.3. The first-order valence-corrected chi connectivity index (χ1v) is 9.43. The van der Waals surface area contributed by atoms with Crippen molar-refractivity contribution in [1.29, 1.82) is 0 Å². The summed E-state index contributed by atoms with van der Waals surface area (Å²) in [5.41, 5.74) is 1.04. The standard InChI is InChI=1S/C13H24N2O2S2/c1-5-7-14-8-11-13(10(3)4)15-12(18-11)9-19(16,17)6-2/h10,14H,5-9H2,1-4H3. The van der Waals surface area contributed by atoms with Crippen LogP contribution in [0.4, 0.5) is 0 Å². The summed E-state index contributed by atoms with van der Waals surface area (Å²) in [5.74, 6) is 0.571. The lowest BCUT2D eigenvalue weighted by Crippen LogP contribution is -2.14. The first-order valence-electron chi connectivity index (χ1n) is 6.79. The minimum atomic E-state index is -3.00. The van der Waals surface area contributed by atoms with E-state index in [-0.39, 0.29) is 11.5 Å². The van der Waals surface area contributed by atoms with Gasteiger partial charge in [0.05, 0.1) is 5.69 Å². The zero-order valence-electron chi connectivity index (χ0n) is 12.2. The van der Waals surface area contributed by atoms with Crippen LogP contribution < -0.4 is 5.32 Å². The second kappa shape index (κ2) is 7.36. The first-order chi connectivity index (χ1) is 8.89. The van der Waals surface area contributed by atoms with Crippen molar-refractivity contribution in [3.8, 4) is 0 Å². The van der Waals surface area contributed by atoms with Crippen LogP contribution in [0.5, 0.6) is 0 Å². The molecule has 0 spiro atoms. The highest BCUT2D eigenvalue weighted by atomic mass is 32.2. The van der Waals surface area contributed by atoms with Gasteiger partial charge in [-0.1, -0.05) is 27.7 Å². The van der Waals surface area contributed by atoms with Gasteiger partial charge in [0, 0.05) is 17.2 Å². The molecule has 0 radical (unpaired) electrons. The van der Waals surface area contributed by atoms with Gasteiger partial charge in [0.25, 0.3) is 0 Å². The van der Waals surface area contributed by atoms with E-state index in [9.17, 15) is 8.42 Å². The van der Waals surface area contributed by atoms with Crippen LogP contribution in [-0.4, -0.2) is 25.7 Å². The van der Waals surface area contributed by atoms with Crippen LogP contribution in [-0.2, 0) is 22.1 Å². The number of hydrogen-bond donors (Lipinski definition) is 1. The Hall–Kier alpha value is -0.460. The lowest BCUT2D eigenvalue weighted by molar-refractivity contribution is 0.596. The summed E-state index contributed by atoms with van der Waals surface area (Å²) in [6, 6.07) is 0. The molecule has 1 N–H and O–H groups in total. The Bertz CT molecular complexity index is 493. The summed E-state index contributed by atoms with van der Waals surface area (Å²) >= 11 is 1.53. The molecule has 0 aliphatic carbocycles. The normalized spacial score (nSPS) is 12.3. The summed E-state index contributed by atoms with van der Waals surface area (Å²) in [4.78, 5) is 5.69. The van der Waals surface area contributed by atoms with E-state index in [1.165, 1.54) is 16.2 Å². The molecule has 1 aromatic rings. The Balaban J connectivity index is 2.88. The average Bonchev–Trinajstić information content (AvgIpc) is 2.72. The van der Waals surface area contributed by atoms with Crippen LogP contribution in [0.1, 0.15) is 55.6 Å². The van der Waals surface area contributed by atoms with Crippen molar-refractivity contribution in [2.24, 2.45) is 0 Å². The van der Waals surface area contributed by atoms with E-state index in [1.54, 1.807) is 6.92 Å². The fourth-order valence-electron chi connectivity index (χ4n) is 1.72. The Kier molecular flexibility index (Phi) is 6.42. The molecule has 1 heterocycles. The molecule has 0 unspecified atom stereocenters. The van der Waals surface area contributed by atoms with Gasteiger partial charge in [-0.05, 0) is 18.9 Å². The number of nitrogens with zero attached hydrogens (tertiary/aromatic N) is 1. The summed E-state index contributed by atoms with van der Waals surface area (Å²) in [6.07, 6.45) is 1.09. The highest BCUT2D eigenvalue weighted by Gasteiger charge is 2.18. The van der Waals surface area contributed by atoms with E-state index in [1.807, 2.05) is 0 Å². The number of aromatic nitrogens is 1. The van der Waals surface area contributed by atoms with Gasteiger partial charge in [-0.2, -0.15) is 0 Å². The SMILES string of the molecule is CCCNCc1sc(CS(=O)(=O)CC)nc1C(C)C. The van der Waals surface area contributed by atoms with Crippen LogP contribution in [0, 0.1) is 0 Å². The van der Waals surface area contributed by atoms with Crippen molar-refractivity contribution in [3.63, 3.8) is 0 Å². The minimum absolute atomic E-state index is 0.0711.